The second-order valence-corrected chi connectivity index (χ2v) is 3.91. The van der Waals surface area contributed by atoms with Crippen LogP contribution in [0.5, 0.6) is 11.5 Å². The van der Waals surface area contributed by atoms with E-state index < -0.39 is 0 Å². The molecule has 1 aromatic rings. The summed E-state index contributed by atoms with van der Waals surface area (Å²) in [5.41, 5.74) is 6.68. The lowest BCUT2D eigenvalue weighted by Crippen LogP contribution is -2.18. The third kappa shape index (κ3) is 4.24. The average molecular weight is 239 g/mol. The van der Waals surface area contributed by atoms with Gasteiger partial charge in [-0.15, -0.1) is 0 Å². The lowest BCUT2D eigenvalue weighted by molar-refractivity contribution is 0.0899. The first-order chi connectivity index (χ1) is 8.21. The second-order valence-electron chi connectivity index (χ2n) is 3.91. The molecule has 1 aromatic carbocycles. The number of hydrogen-bond donors (Lipinski definition) is 1. The second kappa shape index (κ2) is 7.14. The van der Waals surface area contributed by atoms with Gasteiger partial charge in [-0.05, 0) is 37.6 Å². The Kier molecular flexibility index (Phi) is 5.80. The van der Waals surface area contributed by atoms with Gasteiger partial charge in [0.25, 0.3) is 0 Å². The van der Waals surface area contributed by atoms with Gasteiger partial charge in [-0.2, -0.15) is 0 Å². The van der Waals surface area contributed by atoms with Crippen LogP contribution >= 0.6 is 0 Å². The number of nitrogens with two attached hydrogens (primary N) is 1. The summed E-state index contributed by atoms with van der Waals surface area (Å²) in [6.07, 6.45) is 0.820. The highest BCUT2D eigenvalue weighted by Crippen LogP contribution is 2.29. The van der Waals surface area contributed by atoms with E-state index in [4.69, 9.17) is 19.9 Å². The van der Waals surface area contributed by atoms with Crippen molar-refractivity contribution in [2.75, 3.05) is 27.4 Å². The molecule has 0 aromatic heterocycles. The molecule has 2 N–H and O–H groups in total. The van der Waals surface area contributed by atoms with E-state index in [-0.39, 0.29) is 6.10 Å². The number of hydrogen-bond acceptors (Lipinski definition) is 4. The largest absolute Gasteiger partial charge is 0.493 e. The molecule has 0 saturated heterocycles. The van der Waals surface area contributed by atoms with Gasteiger partial charge in [0, 0.05) is 7.11 Å². The summed E-state index contributed by atoms with van der Waals surface area (Å²) in [6.45, 7) is 3.13. The number of rotatable bonds is 7. The van der Waals surface area contributed by atoms with Gasteiger partial charge in [0.2, 0.25) is 0 Å². The van der Waals surface area contributed by atoms with Crippen molar-refractivity contribution in [2.24, 2.45) is 5.73 Å². The van der Waals surface area contributed by atoms with E-state index in [0.717, 1.165) is 23.5 Å². The quantitative estimate of drug-likeness (QED) is 0.785. The smallest absolute Gasteiger partial charge is 0.161 e. The molecule has 0 aliphatic heterocycles. The molecule has 0 spiro atoms. The van der Waals surface area contributed by atoms with E-state index in [0.29, 0.717) is 13.2 Å². The van der Waals surface area contributed by atoms with E-state index in [9.17, 15) is 0 Å². The van der Waals surface area contributed by atoms with Crippen molar-refractivity contribution < 1.29 is 14.2 Å². The Balaban J connectivity index is 2.81. The zero-order valence-electron chi connectivity index (χ0n) is 10.7. The minimum Gasteiger partial charge on any atom is -0.493 e. The summed E-state index contributed by atoms with van der Waals surface area (Å²) in [6, 6.07) is 5.87. The highest BCUT2D eigenvalue weighted by atomic mass is 16.5. The van der Waals surface area contributed by atoms with Crippen molar-refractivity contribution in [3.05, 3.63) is 23.8 Å². The van der Waals surface area contributed by atoms with Gasteiger partial charge in [0.05, 0.1) is 13.7 Å². The summed E-state index contributed by atoms with van der Waals surface area (Å²) in [5.74, 6) is 1.47. The van der Waals surface area contributed by atoms with E-state index >= 15 is 0 Å². The first-order valence-electron chi connectivity index (χ1n) is 5.73. The molecule has 0 heterocycles. The van der Waals surface area contributed by atoms with Crippen LogP contribution in [0.15, 0.2) is 18.2 Å². The first-order valence-corrected chi connectivity index (χ1v) is 5.73. The van der Waals surface area contributed by atoms with Crippen LogP contribution in [-0.4, -0.2) is 33.5 Å². The van der Waals surface area contributed by atoms with E-state index in [1.165, 1.54) is 0 Å². The van der Waals surface area contributed by atoms with Crippen molar-refractivity contribution in [1.82, 2.24) is 0 Å². The molecular weight excluding hydrogens is 218 g/mol. The van der Waals surface area contributed by atoms with Crippen LogP contribution in [0.4, 0.5) is 0 Å². The molecular formula is C13H21NO3. The van der Waals surface area contributed by atoms with Crippen molar-refractivity contribution in [1.29, 1.82) is 0 Å². The average Bonchev–Trinajstić information content (AvgIpc) is 2.30. The topological polar surface area (TPSA) is 53.7 Å². The Morgan fingerprint density at radius 1 is 1.24 bits per heavy atom. The third-order valence-corrected chi connectivity index (χ3v) is 2.39. The number of benzene rings is 1. The van der Waals surface area contributed by atoms with Crippen LogP contribution < -0.4 is 15.2 Å². The molecule has 1 atom stereocenters. The fourth-order valence-corrected chi connectivity index (χ4v) is 1.62. The summed E-state index contributed by atoms with van der Waals surface area (Å²) >= 11 is 0. The standard InChI is InChI=1S/C13H21NO3/c1-10(9-15-2)17-13-8-11(6-7-14)4-5-12(13)16-3/h4-5,8,10H,6-7,9,14H2,1-3H3. The monoisotopic (exact) mass is 239 g/mol. The summed E-state index contributed by atoms with van der Waals surface area (Å²) in [7, 11) is 3.29. The molecule has 4 nitrogen and oxygen atoms in total. The molecule has 0 aliphatic rings. The highest BCUT2D eigenvalue weighted by Gasteiger charge is 2.09. The van der Waals surface area contributed by atoms with E-state index in [2.05, 4.69) is 0 Å². The van der Waals surface area contributed by atoms with Crippen LogP contribution in [0.25, 0.3) is 0 Å². The summed E-state index contributed by atoms with van der Waals surface area (Å²) in [5, 5.41) is 0. The lowest BCUT2D eigenvalue weighted by atomic mass is 10.1. The minimum absolute atomic E-state index is 0.0120. The van der Waals surface area contributed by atoms with Crippen molar-refractivity contribution in [2.45, 2.75) is 19.4 Å². The first kappa shape index (κ1) is 13.8. The van der Waals surface area contributed by atoms with Crippen LogP contribution in [-0.2, 0) is 11.2 Å². The Morgan fingerprint density at radius 2 is 2.00 bits per heavy atom. The molecule has 0 fully saturated rings. The summed E-state index contributed by atoms with van der Waals surface area (Å²) in [4.78, 5) is 0. The maximum Gasteiger partial charge on any atom is 0.161 e. The van der Waals surface area contributed by atoms with Gasteiger partial charge in [0.1, 0.15) is 6.10 Å². The highest BCUT2D eigenvalue weighted by molar-refractivity contribution is 5.43. The third-order valence-electron chi connectivity index (χ3n) is 2.39. The minimum atomic E-state index is -0.0120. The maximum absolute atomic E-state index is 5.77. The molecule has 4 heteroatoms. The number of methoxy groups -OCH3 is 2. The molecule has 0 saturated carbocycles. The van der Waals surface area contributed by atoms with Crippen LogP contribution in [0.3, 0.4) is 0 Å². The van der Waals surface area contributed by atoms with E-state index in [1.807, 2.05) is 25.1 Å². The van der Waals surface area contributed by atoms with Crippen molar-refractivity contribution >= 4 is 0 Å². The van der Waals surface area contributed by atoms with Crippen molar-refractivity contribution in [3.63, 3.8) is 0 Å². The normalized spacial score (nSPS) is 12.2. The molecule has 17 heavy (non-hydrogen) atoms. The predicted octanol–water partition coefficient (Wildman–Crippen LogP) is 1.61. The van der Waals surface area contributed by atoms with Gasteiger partial charge >= 0.3 is 0 Å². The fraction of sp³-hybridized carbons (Fsp3) is 0.538. The zero-order chi connectivity index (χ0) is 12.7. The molecule has 1 rings (SSSR count). The van der Waals surface area contributed by atoms with Gasteiger partial charge in [-0.1, -0.05) is 6.07 Å². The SMILES string of the molecule is COCC(C)Oc1cc(CCN)ccc1OC. The number of ether oxygens (including phenoxy) is 3. The Morgan fingerprint density at radius 3 is 2.59 bits per heavy atom. The van der Waals surface area contributed by atoms with E-state index in [1.54, 1.807) is 14.2 Å². The molecule has 1 unspecified atom stereocenters. The van der Waals surface area contributed by atoms with Crippen LogP contribution in [0.1, 0.15) is 12.5 Å². The maximum atomic E-state index is 5.77. The fourth-order valence-electron chi connectivity index (χ4n) is 1.62. The van der Waals surface area contributed by atoms with Gasteiger partial charge in [0.15, 0.2) is 11.5 Å². The lowest BCUT2D eigenvalue weighted by Gasteiger charge is -2.17. The van der Waals surface area contributed by atoms with Crippen LogP contribution in [0.2, 0.25) is 0 Å². The predicted molar refractivity (Wildman–Crippen MR) is 67.7 cm³/mol. The molecule has 0 amide bonds. The zero-order valence-corrected chi connectivity index (χ0v) is 10.7. The van der Waals surface area contributed by atoms with Gasteiger partial charge in [-0.3, -0.25) is 0 Å². The molecule has 0 aliphatic carbocycles. The molecule has 0 bridgehead atoms. The van der Waals surface area contributed by atoms with Gasteiger partial charge in [-0.25, -0.2) is 0 Å². The molecule has 96 valence electrons. The Labute approximate surface area is 103 Å². The van der Waals surface area contributed by atoms with Crippen LogP contribution in [0, 0.1) is 0 Å². The summed E-state index contributed by atoms with van der Waals surface area (Å²) < 4.78 is 16.1. The molecule has 0 radical (unpaired) electrons. The van der Waals surface area contributed by atoms with Crippen molar-refractivity contribution in [3.8, 4) is 11.5 Å². The van der Waals surface area contributed by atoms with Gasteiger partial charge < -0.3 is 19.9 Å². The Hall–Kier alpha value is -1.26. The Bertz CT molecular complexity index is 341.